The average molecular weight is 364 g/mol. The van der Waals surface area contributed by atoms with Gasteiger partial charge in [-0.25, -0.2) is 4.98 Å². The average Bonchev–Trinajstić information content (AvgIpc) is 2.65. The van der Waals surface area contributed by atoms with Crippen LogP contribution in [-0.2, 0) is 4.79 Å². The Kier molecular flexibility index (Phi) is 4.64. The Labute approximate surface area is 156 Å². The number of ketones is 1. The molecule has 1 fully saturated rings. The fourth-order valence-corrected chi connectivity index (χ4v) is 4.65. The number of para-hydroxylation sites is 2. The second-order valence-electron chi connectivity index (χ2n) is 6.66. The van der Waals surface area contributed by atoms with Crippen molar-refractivity contribution < 1.29 is 4.79 Å². The highest BCUT2D eigenvalue weighted by Crippen LogP contribution is 2.32. The lowest BCUT2D eigenvalue weighted by atomic mass is 9.99. The van der Waals surface area contributed by atoms with Gasteiger partial charge in [0.2, 0.25) is 0 Å². The predicted molar refractivity (Wildman–Crippen MR) is 105 cm³/mol. The first-order chi connectivity index (χ1) is 12.6. The van der Waals surface area contributed by atoms with Crippen LogP contribution in [0.4, 0.5) is 0 Å². The Morgan fingerprint density at radius 3 is 2.62 bits per heavy atom. The zero-order chi connectivity index (χ0) is 18.1. The van der Waals surface area contributed by atoms with Gasteiger partial charge >= 0.3 is 0 Å². The number of carbonyl (C=O) groups excluding carboxylic acids is 1. The van der Waals surface area contributed by atoms with Crippen LogP contribution in [-0.4, -0.2) is 20.6 Å². The van der Waals surface area contributed by atoms with Crippen molar-refractivity contribution in [2.75, 3.05) is 0 Å². The maximum Gasteiger partial charge on any atom is 0.266 e. The van der Waals surface area contributed by atoms with E-state index in [4.69, 9.17) is 4.98 Å². The van der Waals surface area contributed by atoms with E-state index in [-0.39, 0.29) is 16.6 Å². The van der Waals surface area contributed by atoms with E-state index >= 15 is 0 Å². The third-order valence-corrected chi connectivity index (χ3v) is 6.12. The molecule has 0 saturated heterocycles. The first-order valence-corrected chi connectivity index (χ1v) is 9.80. The van der Waals surface area contributed by atoms with Crippen molar-refractivity contribution in [3.8, 4) is 5.69 Å². The summed E-state index contributed by atoms with van der Waals surface area (Å²) in [5.41, 5.74) is 2.41. The molecule has 0 spiro atoms. The number of rotatable bonds is 3. The molecule has 1 saturated carbocycles. The van der Waals surface area contributed by atoms with E-state index in [1.54, 1.807) is 10.6 Å². The Bertz CT molecular complexity index is 1040. The number of aryl methyl sites for hydroxylation is 1. The normalized spacial score (nSPS) is 17.6. The lowest BCUT2D eigenvalue weighted by Gasteiger charge is -2.22. The first-order valence-electron chi connectivity index (χ1n) is 8.92. The van der Waals surface area contributed by atoms with Gasteiger partial charge in [0.25, 0.3) is 5.56 Å². The van der Waals surface area contributed by atoms with Gasteiger partial charge in [0.15, 0.2) is 5.16 Å². The van der Waals surface area contributed by atoms with Gasteiger partial charge in [-0.3, -0.25) is 14.2 Å². The third-order valence-electron chi connectivity index (χ3n) is 4.85. The molecule has 0 bridgehead atoms. The van der Waals surface area contributed by atoms with Crippen LogP contribution in [0.3, 0.4) is 0 Å². The van der Waals surface area contributed by atoms with Gasteiger partial charge in [0.05, 0.1) is 21.8 Å². The molecular weight excluding hydrogens is 344 g/mol. The number of hydrogen-bond acceptors (Lipinski definition) is 4. The molecule has 0 N–H and O–H groups in total. The number of thioether (sulfide) groups is 1. The first kappa shape index (κ1) is 17.0. The van der Waals surface area contributed by atoms with Crippen LogP contribution in [0.5, 0.6) is 0 Å². The topological polar surface area (TPSA) is 52.0 Å². The Hall–Kier alpha value is -2.40. The Balaban J connectivity index is 1.92. The zero-order valence-corrected chi connectivity index (χ0v) is 15.5. The Morgan fingerprint density at radius 1 is 1.04 bits per heavy atom. The van der Waals surface area contributed by atoms with Crippen molar-refractivity contribution in [3.05, 3.63) is 64.4 Å². The number of hydrogen-bond donors (Lipinski definition) is 0. The summed E-state index contributed by atoms with van der Waals surface area (Å²) in [5.74, 6) is 0.264. The summed E-state index contributed by atoms with van der Waals surface area (Å²) < 4.78 is 1.67. The van der Waals surface area contributed by atoms with Gasteiger partial charge in [-0.2, -0.15) is 0 Å². The maximum absolute atomic E-state index is 13.2. The quantitative estimate of drug-likeness (QED) is 0.650. The number of aromatic nitrogens is 2. The second-order valence-corrected chi connectivity index (χ2v) is 7.83. The molecule has 0 unspecified atom stereocenters. The Morgan fingerprint density at radius 2 is 1.81 bits per heavy atom. The number of benzene rings is 2. The van der Waals surface area contributed by atoms with Crippen LogP contribution in [0.25, 0.3) is 16.6 Å². The van der Waals surface area contributed by atoms with Crippen molar-refractivity contribution >= 4 is 28.4 Å². The number of carbonyl (C=O) groups is 1. The molecule has 5 heteroatoms. The van der Waals surface area contributed by atoms with Crippen molar-refractivity contribution in [2.45, 2.75) is 43.0 Å². The fraction of sp³-hybridized carbons (Fsp3) is 0.286. The molecule has 1 aliphatic rings. The van der Waals surface area contributed by atoms with Crippen LogP contribution in [0.1, 0.15) is 31.2 Å². The molecule has 4 nitrogen and oxygen atoms in total. The van der Waals surface area contributed by atoms with Gasteiger partial charge in [-0.05, 0) is 43.5 Å². The third kappa shape index (κ3) is 3.07. The van der Waals surface area contributed by atoms with E-state index in [2.05, 4.69) is 0 Å². The number of Topliss-reactive ketones (excluding diaryl/α,β-unsaturated/α-hetero) is 1. The molecule has 1 heterocycles. The molecule has 4 rings (SSSR count). The monoisotopic (exact) mass is 364 g/mol. The lowest BCUT2D eigenvalue weighted by molar-refractivity contribution is -0.119. The highest BCUT2D eigenvalue weighted by molar-refractivity contribution is 8.00. The van der Waals surface area contributed by atoms with E-state index in [0.29, 0.717) is 22.5 Å². The van der Waals surface area contributed by atoms with Crippen molar-refractivity contribution in [1.29, 1.82) is 0 Å². The van der Waals surface area contributed by atoms with Crippen molar-refractivity contribution in [3.63, 3.8) is 0 Å². The highest BCUT2D eigenvalue weighted by Gasteiger charge is 2.26. The van der Waals surface area contributed by atoms with Gasteiger partial charge in [0, 0.05) is 6.42 Å². The molecule has 26 heavy (non-hydrogen) atoms. The van der Waals surface area contributed by atoms with Gasteiger partial charge < -0.3 is 0 Å². The molecule has 1 atom stereocenters. The molecule has 1 aliphatic carbocycles. The van der Waals surface area contributed by atoms with Gasteiger partial charge in [0.1, 0.15) is 5.78 Å². The summed E-state index contributed by atoms with van der Waals surface area (Å²) >= 11 is 1.43. The minimum Gasteiger partial charge on any atom is -0.298 e. The molecule has 0 amide bonds. The predicted octanol–water partition coefficient (Wildman–Crippen LogP) is 4.30. The van der Waals surface area contributed by atoms with E-state index < -0.39 is 0 Å². The van der Waals surface area contributed by atoms with E-state index in [0.717, 1.165) is 30.5 Å². The van der Waals surface area contributed by atoms with Crippen LogP contribution < -0.4 is 5.56 Å². The smallest absolute Gasteiger partial charge is 0.266 e. The van der Waals surface area contributed by atoms with Crippen LogP contribution in [0, 0.1) is 6.92 Å². The SMILES string of the molecule is Cc1ccccc1-n1c(S[C@@H]2CCCCC2=O)nc2ccccc2c1=O. The van der Waals surface area contributed by atoms with Gasteiger partial charge in [-0.1, -0.05) is 48.5 Å². The lowest BCUT2D eigenvalue weighted by Crippen LogP contribution is -2.26. The minimum atomic E-state index is -0.118. The second kappa shape index (κ2) is 7.08. The largest absolute Gasteiger partial charge is 0.298 e. The maximum atomic E-state index is 13.2. The minimum absolute atomic E-state index is 0.0874. The summed E-state index contributed by atoms with van der Waals surface area (Å²) in [5, 5.41) is 1.07. The molecule has 3 aromatic rings. The molecule has 132 valence electrons. The molecule has 0 aliphatic heterocycles. The summed E-state index contributed by atoms with van der Waals surface area (Å²) in [6, 6.07) is 15.2. The molecular formula is C21H20N2O2S. The number of nitrogens with zero attached hydrogens (tertiary/aromatic N) is 2. The molecule has 2 aromatic carbocycles. The van der Waals surface area contributed by atoms with Gasteiger partial charge in [-0.15, -0.1) is 0 Å². The highest BCUT2D eigenvalue weighted by atomic mass is 32.2. The van der Waals surface area contributed by atoms with Crippen LogP contribution >= 0.6 is 11.8 Å². The molecule has 0 radical (unpaired) electrons. The zero-order valence-electron chi connectivity index (χ0n) is 14.6. The van der Waals surface area contributed by atoms with Crippen LogP contribution in [0.2, 0.25) is 0 Å². The van der Waals surface area contributed by atoms with Crippen molar-refractivity contribution in [2.24, 2.45) is 0 Å². The van der Waals surface area contributed by atoms with E-state index in [1.165, 1.54) is 11.8 Å². The summed E-state index contributed by atoms with van der Waals surface area (Å²) in [7, 11) is 0. The molecule has 1 aromatic heterocycles. The summed E-state index contributed by atoms with van der Waals surface area (Å²) in [4.78, 5) is 30.3. The fourth-order valence-electron chi connectivity index (χ4n) is 3.42. The number of fused-ring (bicyclic) bond motifs is 1. The van der Waals surface area contributed by atoms with E-state index in [1.807, 2.05) is 49.4 Å². The van der Waals surface area contributed by atoms with Crippen molar-refractivity contribution in [1.82, 2.24) is 9.55 Å². The standard InChI is InChI=1S/C21H20N2O2S/c1-14-8-2-5-11-17(14)23-20(25)15-9-3-4-10-16(15)22-21(23)26-19-13-7-6-12-18(19)24/h2-5,8-11,19H,6-7,12-13H2,1H3/t19-/m1/s1. The summed E-state index contributed by atoms with van der Waals surface area (Å²) in [6.07, 6.45) is 3.48. The van der Waals surface area contributed by atoms with E-state index in [9.17, 15) is 9.59 Å². The summed E-state index contributed by atoms with van der Waals surface area (Å²) in [6.45, 7) is 1.98. The van der Waals surface area contributed by atoms with Crippen LogP contribution in [0.15, 0.2) is 58.5 Å².